The van der Waals surface area contributed by atoms with E-state index in [1.165, 1.54) is 7.11 Å². The van der Waals surface area contributed by atoms with Gasteiger partial charge in [0, 0.05) is 37.8 Å². The van der Waals surface area contributed by atoms with Gasteiger partial charge >= 0.3 is 5.97 Å². The summed E-state index contributed by atoms with van der Waals surface area (Å²) in [6.07, 6.45) is 1.10. The van der Waals surface area contributed by atoms with E-state index in [1.807, 2.05) is 30.3 Å². The number of hydrogen-bond donors (Lipinski definition) is 2. The van der Waals surface area contributed by atoms with Crippen molar-refractivity contribution in [2.24, 2.45) is 5.92 Å². The normalized spacial score (nSPS) is 20.4. The fourth-order valence-corrected chi connectivity index (χ4v) is 3.85. The Kier molecular flexibility index (Phi) is 7.40. The Balaban J connectivity index is 1.50. The molecular weight excluding hydrogens is 388 g/mol. The molecule has 3 rings (SSSR count). The van der Waals surface area contributed by atoms with E-state index in [0.717, 1.165) is 5.69 Å². The lowest BCUT2D eigenvalue weighted by atomic mass is 9.95. The number of carbonyl (C=O) groups is 4. The number of anilines is 1. The number of piperazine rings is 1. The van der Waals surface area contributed by atoms with E-state index in [0.29, 0.717) is 39.0 Å². The summed E-state index contributed by atoms with van der Waals surface area (Å²) in [4.78, 5) is 52.5. The largest absolute Gasteiger partial charge is 0.469 e. The number of piperidine rings is 1. The second-order valence-electron chi connectivity index (χ2n) is 7.57. The van der Waals surface area contributed by atoms with E-state index in [9.17, 15) is 19.2 Å². The van der Waals surface area contributed by atoms with Gasteiger partial charge in [0.1, 0.15) is 6.04 Å². The quantitative estimate of drug-likeness (QED) is 0.643. The second kappa shape index (κ2) is 10.2. The van der Waals surface area contributed by atoms with E-state index in [4.69, 9.17) is 0 Å². The molecule has 0 unspecified atom stereocenters. The van der Waals surface area contributed by atoms with Crippen LogP contribution in [0, 0.1) is 5.92 Å². The summed E-state index contributed by atoms with van der Waals surface area (Å²) < 4.78 is 4.67. The number of ether oxygens (including phenoxy) is 1. The molecule has 2 N–H and O–H groups in total. The van der Waals surface area contributed by atoms with Crippen molar-refractivity contribution in [1.29, 1.82) is 0 Å². The fraction of sp³-hybridized carbons (Fsp3) is 0.524. The Morgan fingerprint density at radius 1 is 1.13 bits per heavy atom. The van der Waals surface area contributed by atoms with Gasteiger partial charge in [-0.05, 0) is 25.0 Å². The first-order chi connectivity index (χ1) is 14.5. The average molecular weight is 416 g/mol. The molecule has 0 saturated carbocycles. The summed E-state index contributed by atoms with van der Waals surface area (Å²) in [6, 6.07) is 8.61. The highest BCUT2D eigenvalue weighted by Gasteiger charge is 2.35. The third-order valence-corrected chi connectivity index (χ3v) is 5.63. The lowest BCUT2D eigenvalue weighted by Crippen LogP contribution is -2.58. The fourth-order valence-electron chi connectivity index (χ4n) is 3.85. The van der Waals surface area contributed by atoms with Crippen molar-refractivity contribution in [1.82, 2.24) is 15.1 Å². The predicted octanol–water partition coefficient (Wildman–Crippen LogP) is 0.227. The summed E-state index contributed by atoms with van der Waals surface area (Å²) in [5, 5.41) is 5.64. The lowest BCUT2D eigenvalue weighted by Gasteiger charge is -2.37. The van der Waals surface area contributed by atoms with Crippen LogP contribution in [0.3, 0.4) is 0 Å². The zero-order valence-electron chi connectivity index (χ0n) is 17.1. The number of nitrogens with one attached hydrogen (secondary N) is 2. The minimum atomic E-state index is -0.704. The molecule has 2 saturated heterocycles. The molecule has 0 aliphatic carbocycles. The molecule has 0 bridgehead atoms. The summed E-state index contributed by atoms with van der Waals surface area (Å²) >= 11 is 0. The second-order valence-corrected chi connectivity index (χ2v) is 7.57. The molecule has 162 valence electrons. The zero-order valence-corrected chi connectivity index (χ0v) is 17.1. The molecule has 9 heteroatoms. The molecule has 0 spiro atoms. The molecule has 1 atom stereocenters. The number of benzene rings is 1. The van der Waals surface area contributed by atoms with E-state index in [-0.39, 0.29) is 36.6 Å². The van der Waals surface area contributed by atoms with Crippen molar-refractivity contribution in [3.63, 3.8) is 0 Å². The van der Waals surface area contributed by atoms with Crippen molar-refractivity contribution in [3.05, 3.63) is 30.3 Å². The standard InChI is InChI=1S/C21H28N4O5/c1-30-19(27)13-17-21(29)22-9-12-25(17)14-18(26)24-10-7-15(8-11-24)20(28)23-16-5-3-2-4-6-16/h2-6,15,17H,7-14H2,1H3,(H,22,29)(H,23,28)/t17-/m0/s1. The van der Waals surface area contributed by atoms with Gasteiger partial charge in [0.05, 0.1) is 20.1 Å². The van der Waals surface area contributed by atoms with Crippen molar-refractivity contribution in [3.8, 4) is 0 Å². The van der Waals surface area contributed by atoms with Gasteiger partial charge in [-0.25, -0.2) is 0 Å². The maximum absolute atomic E-state index is 12.8. The van der Waals surface area contributed by atoms with Gasteiger partial charge in [0.25, 0.3) is 0 Å². The molecule has 1 aromatic carbocycles. The third kappa shape index (κ3) is 5.56. The number of carbonyl (C=O) groups excluding carboxylic acids is 4. The highest BCUT2D eigenvalue weighted by molar-refractivity contribution is 5.93. The number of rotatable bonds is 6. The van der Waals surface area contributed by atoms with Crippen LogP contribution < -0.4 is 10.6 Å². The van der Waals surface area contributed by atoms with Gasteiger partial charge in [0.2, 0.25) is 17.7 Å². The molecule has 2 fully saturated rings. The van der Waals surface area contributed by atoms with E-state index >= 15 is 0 Å². The Bertz CT molecular complexity index is 777. The van der Waals surface area contributed by atoms with Crippen LogP contribution in [0.5, 0.6) is 0 Å². The molecule has 3 amide bonds. The van der Waals surface area contributed by atoms with Crippen LogP contribution in [-0.2, 0) is 23.9 Å². The maximum atomic E-state index is 12.8. The van der Waals surface area contributed by atoms with Gasteiger partial charge in [-0.1, -0.05) is 18.2 Å². The first-order valence-corrected chi connectivity index (χ1v) is 10.2. The highest BCUT2D eigenvalue weighted by Crippen LogP contribution is 2.20. The number of likely N-dealkylation sites (tertiary alicyclic amines) is 1. The minimum Gasteiger partial charge on any atom is -0.469 e. The predicted molar refractivity (Wildman–Crippen MR) is 109 cm³/mol. The van der Waals surface area contributed by atoms with Crippen LogP contribution in [0.15, 0.2) is 30.3 Å². The Hall–Kier alpha value is -2.94. The number of hydrogen-bond acceptors (Lipinski definition) is 6. The van der Waals surface area contributed by atoms with Crippen molar-refractivity contribution < 1.29 is 23.9 Å². The third-order valence-electron chi connectivity index (χ3n) is 5.63. The van der Waals surface area contributed by atoms with Crippen LogP contribution in [0.25, 0.3) is 0 Å². The minimum absolute atomic E-state index is 0.0286. The number of amides is 3. The first-order valence-electron chi connectivity index (χ1n) is 10.2. The van der Waals surface area contributed by atoms with Crippen molar-refractivity contribution in [2.45, 2.75) is 25.3 Å². The highest BCUT2D eigenvalue weighted by atomic mass is 16.5. The van der Waals surface area contributed by atoms with Crippen LogP contribution in [0.4, 0.5) is 5.69 Å². The molecule has 0 radical (unpaired) electrons. The van der Waals surface area contributed by atoms with Gasteiger partial charge < -0.3 is 20.3 Å². The Morgan fingerprint density at radius 3 is 2.50 bits per heavy atom. The summed E-state index contributed by atoms with van der Waals surface area (Å²) in [5.41, 5.74) is 0.765. The van der Waals surface area contributed by atoms with Gasteiger partial charge in [-0.3, -0.25) is 24.1 Å². The number of methoxy groups -OCH3 is 1. The zero-order chi connectivity index (χ0) is 21.5. The number of nitrogens with zero attached hydrogens (tertiary/aromatic N) is 2. The molecule has 9 nitrogen and oxygen atoms in total. The van der Waals surface area contributed by atoms with E-state index in [1.54, 1.807) is 9.80 Å². The topological polar surface area (TPSA) is 108 Å². The number of esters is 1. The van der Waals surface area contributed by atoms with Gasteiger partial charge in [-0.15, -0.1) is 0 Å². The lowest BCUT2D eigenvalue weighted by molar-refractivity contribution is -0.147. The summed E-state index contributed by atoms with van der Waals surface area (Å²) in [7, 11) is 1.27. The van der Waals surface area contributed by atoms with Crippen molar-refractivity contribution >= 4 is 29.4 Å². The Morgan fingerprint density at radius 2 is 1.83 bits per heavy atom. The monoisotopic (exact) mass is 416 g/mol. The summed E-state index contributed by atoms with van der Waals surface area (Å²) in [6.45, 7) is 1.98. The molecular formula is C21H28N4O5. The van der Waals surface area contributed by atoms with Gasteiger partial charge in [0.15, 0.2) is 0 Å². The van der Waals surface area contributed by atoms with E-state index in [2.05, 4.69) is 15.4 Å². The van der Waals surface area contributed by atoms with Crippen LogP contribution in [0.2, 0.25) is 0 Å². The molecule has 1 aromatic rings. The molecule has 30 heavy (non-hydrogen) atoms. The molecule has 0 aromatic heterocycles. The van der Waals surface area contributed by atoms with Crippen LogP contribution >= 0.6 is 0 Å². The molecule has 2 aliphatic rings. The maximum Gasteiger partial charge on any atom is 0.307 e. The SMILES string of the molecule is COC(=O)C[C@H]1C(=O)NCCN1CC(=O)N1CCC(C(=O)Nc2ccccc2)CC1. The summed E-state index contributed by atoms with van der Waals surface area (Å²) in [5.74, 6) is -1.02. The van der Waals surface area contributed by atoms with Gasteiger partial charge in [-0.2, -0.15) is 0 Å². The van der Waals surface area contributed by atoms with Crippen LogP contribution in [0.1, 0.15) is 19.3 Å². The Labute approximate surface area is 175 Å². The van der Waals surface area contributed by atoms with Crippen molar-refractivity contribution in [2.75, 3.05) is 45.2 Å². The first kappa shape index (κ1) is 21.8. The smallest absolute Gasteiger partial charge is 0.307 e. The number of para-hydroxylation sites is 1. The molecule has 2 aliphatic heterocycles. The molecule has 2 heterocycles. The van der Waals surface area contributed by atoms with E-state index < -0.39 is 12.0 Å². The van der Waals surface area contributed by atoms with Crippen LogP contribution in [-0.4, -0.2) is 79.4 Å². The average Bonchev–Trinajstić information content (AvgIpc) is 2.76.